The molecule has 0 unspecified atom stereocenters. The van der Waals surface area contributed by atoms with Gasteiger partial charge in [-0.2, -0.15) is 0 Å². The second-order valence-corrected chi connectivity index (χ2v) is 19.8. The standard InChI is InChI=1S/C40H60FN7O6S/c1-28(2)48(29(3)4)37(49)33-22-31(41)8-9-34(33)53-35-23-42-27-43-36(35)46-25-40(26-46)14-20-44(21-15-40)24-30-10-18-47(19-11-30)55(51,52)32-12-16-45(17-13-32)38(50)54-39(5,6)7/h8-9,22-23,27-30,32H,10-21,24-26H2,1-7H3. The van der Waals surface area contributed by atoms with Gasteiger partial charge >= 0.3 is 6.09 Å². The molecule has 4 fully saturated rings. The molecule has 6 rings (SSSR count). The van der Waals surface area contributed by atoms with Crippen LogP contribution in [0.5, 0.6) is 11.5 Å². The van der Waals surface area contributed by atoms with Gasteiger partial charge in [-0.15, -0.1) is 0 Å². The molecular weight excluding hydrogens is 726 g/mol. The summed E-state index contributed by atoms with van der Waals surface area (Å²) in [5.41, 5.74) is -0.235. The van der Waals surface area contributed by atoms with E-state index in [1.165, 1.54) is 24.5 Å². The molecule has 4 saturated heterocycles. The third-order valence-corrected chi connectivity index (χ3v) is 14.0. The molecule has 55 heavy (non-hydrogen) atoms. The Morgan fingerprint density at radius 2 is 1.58 bits per heavy atom. The van der Waals surface area contributed by atoms with Crippen molar-refractivity contribution >= 4 is 27.8 Å². The molecule has 13 nitrogen and oxygen atoms in total. The first-order chi connectivity index (χ1) is 25.9. The Labute approximate surface area is 326 Å². The Morgan fingerprint density at radius 3 is 2.18 bits per heavy atom. The third kappa shape index (κ3) is 9.53. The number of sulfonamides is 1. The number of hydrogen-bond donors (Lipinski definition) is 0. The first-order valence-electron chi connectivity index (χ1n) is 20.0. The molecule has 0 N–H and O–H groups in total. The van der Waals surface area contributed by atoms with Gasteiger partial charge in [0.1, 0.15) is 23.5 Å². The van der Waals surface area contributed by atoms with Crippen molar-refractivity contribution in [2.75, 3.05) is 63.8 Å². The fraction of sp³-hybridized carbons (Fsp3) is 0.700. The van der Waals surface area contributed by atoms with Crippen molar-refractivity contribution in [2.24, 2.45) is 11.3 Å². The first kappa shape index (κ1) is 41.1. The second-order valence-electron chi connectivity index (χ2n) is 17.6. The van der Waals surface area contributed by atoms with Gasteiger partial charge in [-0.05, 0) is 124 Å². The zero-order valence-electron chi connectivity index (χ0n) is 33.7. The maximum absolute atomic E-state index is 14.4. The van der Waals surface area contributed by atoms with E-state index in [4.69, 9.17) is 9.47 Å². The van der Waals surface area contributed by atoms with Crippen molar-refractivity contribution in [1.82, 2.24) is 29.0 Å². The maximum Gasteiger partial charge on any atom is 0.410 e. The molecule has 5 heterocycles. The molecule has 15 heteroatoms. The number of ether oxygens (including phenoxy) is 2. The van der Waals surface area contributed by atoms with Crippen molar-refractivity contribution in [2.45, 2.75) is 110 Å². The van der Waals surface area contributed by atoms with Crippen molar-refractivity contribution in [3.05, 3.63) is 42.1 Å². The van der Waals surface area contributed by atoms with Gasteiger partial charge in [0.25, 0.3) is 5.91 Å². The summed E-state index contributed by atoms with van der Waals surface area (Å²) in [5, 5.41) is -0.456. The number of hydrogen-bond acceptors (Lipinski definition) is 10. The SMILES string of the molecule is CC(C)N(C(=O)c1cc(F)ccc1Oc1cncnc1N1CC2(CCN(CC3CCN(S(=O)(=O)C4CCN(C(=O)OC(C)(C)C)CC4)CC3)CC2)C1)C(C)C. The van der Waals surface area contributed by atoms with Crippen LogP contribution in [-0.4, -0.2) is 131 Å². The van der Waals surface area contributed by atoms with Crippen LogP contribution in [0.4, 0.5) is 15.0 Å². The summed E-state index contributed by atoms with van der Waals surface area (Å²) < 4.78 is 55.0. The van der Waals surface area contributed by atoms with Crippen LogP contribution >= 0.6 is 0 Å². The lowest BCUT2D eigenvalue weighted by atomic mass is 9.72. The molecule has 4 aliphatic rings. The van der Waals surface area contributed by atoms with E-state index in [1.807, 2.05) is 48.5 Å². The first-order valence-corrected chi connectivity index (χ1v) is 21.5. The Kier molecular flexibility index (Phi) is 12.3. The van der Waals surface area contributed by atoms with Gasteiger partial charge in [0, 0.05) is 63.3 Å². The fourth-order valence-electron chi connectivity index (χ4n) is 8.73. The number of likely N-dealkylation sites (tertiary alicyclic amines) is 2. The second kappa shape index (κ2) is 16.5. The summed E-state index contributed by atoms with van der Waals surface area (Å²) >= 11 is 0. The number of amides is 2. The van der Waals surface area contributed by atoms with Crippen LogP contribution in [-0.2, 0) is 14.8 Å². The number of rotatable bonds is 10. The van der Waals surface area contributed by atoms with Crippen LogP contribution in [0, 0.1) is 17.2 Å². The predicted molar refractivity (Wildman–Crippen MR) is 209 cm³/mol. The van der Waals surface area contributed by atoms with Crippen LogP contribution in [0.3, 0.4) is 0 Å². The Balaban J connectivity index is 0.972. The fourth-order valence-corrected chi connectivity index (χ4v) is 10.7. The molecule has 1 aromatic heterocycles. The minimum absolute atomic E-state index is 0.0749. The average molecular weight is 786 g/mol. The summed E-state index contributed by atoms with van der Waals surface area (Å²) in [4.78, 5) is 42.9. The predicted octanol–water partition coefficient (Wildman–Crippen LogP) is 6.01. The van der Waals surface area contributed by atoms with Crippen molar-refractivity contribution < 1.29 is 31.9 Å². The number of benzene rings is 1. The Bertz CT molecular complexity index is 1760. The summed E-state index contributed by atoms with van der Waals surface area (Å²) in [7, 11) is -3.42. The highest BCUT2D eigenvalue weighted by Gasteiger charge is 2.47. The van der Waals surface area contributed by atoms with Gasteiger partial charge in [-0.3, -0.25) is 4.79 Å². The molecule has 0 radical (unpaired) electrons. The minimum Gasteiger partial charge on any atom is -0.451 e. The van der Waals surface area contributed by atoms with E-state index in [9.17, 15) is 22.4 Å². The number of piperidine rings is 3. The quantitative estimate of drug-likeness (QED) is 0.283. The highest BCUT2D eigenvalue weighted by Crippen LogP contribution is 2.45. The van der Waals surface area contributed by atoms with E-state index < -0.39 is 26.7 Å². The van der Waals surface area contributed by atoms with Crippen LogP contribution < -0.4 is 9.64 Å². The number of carbonyl (C=O) groups excluding carboxylic acids is 2. The van der Waals surface area contributed by atoms with Gasteiger partial charge in [-0.1, -0.05) is 0 Å². The molecule has 1 aromatic carbocycles. The minimum atomic E-state index is -3.42. The smallest absolute Gasteiger partial charge is 0.410 e. The molecule has 4 aliphatic heterocycles. The molecule has 0 atom stereocenters. The van der Waals surface area contributed by atoms with E-state index in [2.05, 4.69) is 19.8 Å². The average Bonchev–Trinajstić information content (AvgIpc) is 3.11. The molecule has 2 aromatic rings. The zero-order valence-corrected chi connectivity index (χ0v) is 34.5. The number of anilines is 1. The summed E-state index contributed by atoms with van der Waals surface area (Å²) in [6, 6.07) is 3.87. The maximum atomic E-state index is 14.4. The van der Waals surface area contributed by atoms with Crippen LogP contribution in [0.15, 0.2) is 30.7 Å². The van der Waals surface area contributed by atoms with Gasteiger partial charge in [0.2, 0.25) is 10.0 Å². The van der Waals surface area contributed by atoms with Gasteiger partial charge < -0.3 is 29.1 Å². The Morgan fingerprint density at radius 1 is 0.945 bits per heavy atom. The van der Waals surface area contributed by atoms with Crippen molar-refractivity contribution in [3.8, 4) is 11.5 Å². The topological polar surface area (TPSA) is 129 Å². The van der Waals surface area contributed by atoms with E-state index in [0.29, 0.717) is 56.5 Å². The third-order valence-electron chi connectivity index (χ3n) is 11.6. The summed E-state index contributed by atoms with van der Waals surface area (Å²) in [6.45, 7) is 19.8. The van der Waals surface area contributed by atoms with Crippen LogP contribution in [0.2, 0.25) is 0 Å². The number of nitrogens with zero attached hydrogens (tertiary/aromatic N) is 7. The monoisotopic (exact) mass is 785 g/mol. The molecule has 1 spiro atoms. The van der Waals surface area contributed by atoms with Crippen LogP contribution in [0.1, 0.15) is 97.3 Å². The molecular formula is C40H60FN7O6S. The number of halogens is 1. The lowest BCUT2D eigenvalue weighted by Gasteiger charge is -2.54. The highest BCUT2D eigenvalue weighted by molar-refractivity contribution is 7.89. The lowest BCUT2D eigenvalue weighted by Crippen LogP contribution is -2.61. The van der Waals surface area contributed by atoms with E-state index in [0.717, 1.165) is 58.4 Å². The van der Waals surface area contributed by atoms with Gasteiger partial charge in [0.15, 0.2) is 11.6 Å². The molecule has 2 amide bonds. The lowest BCUT2D eigenvalue weighted by molar-refractivity contribution is 0.0216. The zero-order chi connectivity index (χ0) is 39.7. The molecule has 0 bridgehead atoms. The Hall–Kier alpha value is -3.56. The van der Waals surface area contributed by atoms with Gasteiger partial charge in [0.05, 0.1) is 17.0 Å². The number of carbonyl (C=O) groups is 2. The largest absolute Gasteiger partial charge is 0.451 e. The van der Waals surface area contributed by atoms with E-state index in [1.54, 1.807) is 20.3 Å². The molecule has 0 aliphatic carbocycles. The summed E-state index contributed by atoms with van der Waals surface area (Å²) in [6.07, 6.45) is 7.44. The molecule has 304 valence electrons. The summed E-state index contributed by atoms with van der Waals surface area (Å²) in [5.74, 6) is 1.01. The molecule has 0 saturated carbocycles. The van der Waals surface area contributed by atoms with Crippen molar-refractivity contribution in [1.29, 1.82) is 0 Å². The van der Waals surface area contributed by atoms with Crippen LogP contribution in [0.25, 0.3) is 0 Å². The van der Waals surface area contributed by atoms with E-state index in [-0.39, 0.29) is 40.8 Å². The van der Waals surface area contributed by atoms with Gasteiger partial charge in [-0.25, -0.2) is 31.9 Å². The van der Waals surface area contributed by atoms with Crippen molar-refractivity contribution in [3.63, 3.8) is 0 Å². The van der Waals surface area contributed by atoms with E-state index >= 15 is 0 Å². The normalized spacial score (nSPS) is 20.5. The highest BCUT2D eigenvalue weighted by atomic mass is 32.2. The number of aromatic nitrogens is 2.